The van der Waals surface area contributed by atoms with Crippen LogP contribution in [0.2, 0.25) is 0 Å². The third-order valence-corrected chi connectivity index (χ3v) is 2.40. The molecular weight excluding hydrogens is 240 g/mol. The molecule has 0 radical (unpaired) electrons. The molecule has 4 heteroatoms. The number of rotatable bonds is 3. The molecule has 0 fully saturated rings. The number of aryl methyl sites for hydroxylation is 1. The molecule has 0 unspecified atom stereocenters. The van der Waals surface area contributed by atoms with Crippen molar-refractivity contribution in [3.63, 3.8) is 0 Å². The third kappa shape index (κ3) is 3.28. The average Bonchev–Trinajstić information content (AvgIpc) is 2.22. The van der Waals surface area contributed by atoms with Crippen molar-refractivity contribution in [1.82, 2.24) is 0 Å². The molecule has 0 N–H and O–H groups in total. The van der Waals surface area contributed by atoms with Crippen LogP contribution < -0.4 is 4.90 Å². The van der Waals surface area contributed by atoms with Gasteiger partial charge in [-0.25, -0.2) is 0 Å². The monoisotopic (exact) mass is 254 g/mol. The molecule has 15 heavy (non-hydrogen) atoms. The summed E-state index contributed by atoms with van der Waals surface area (Å²) in [6, 6.07) is 5.70. The summed E-state index contributed by atoms with van der Waals surface area (Å²) in [5.41, 5.74) is 2.96. The second-order valence-corrected chi connectivity index (χ2v) is 3.24. The van der Waals surface area contributed by atoms with Crippen molar-refractivity contribution >= 4 is 11.4 Å². The second kappa shape index (κ2) is 6.53. The molecule has 0 atom stereocenters. The molecule has 0 heterocycles. The van der Waals surface area contributed by atoms with E-state index in [-0.39, 0.29) is 19.5 Å². The Labute approximate surface area is 104 Å². The fourth-order valence-corrected chi connectivity index (χ4v) is 1.62. The van der Waals surface area contributed by atoms with E-state index in [1.165, 1.54) is 5.69 Å². The average molecular weight is 256 g/mol. The standard InChI is InChI=1S/C11H16N3.Zn/c1-4-14(5-2)11-7-6-10(13-12)8-9(11)3;/h6-8H,4-5H2,1-3H3;/q+1;. The van der Waals surface area contributed by atoms with Gasteiger partial charge in [0.15, 0.2) is 4.98 Å². The molecule has 0 amide bonds. The summed E-state index contributed by atoms with van der Waals surface area (Å²) in [4.78, 5) is 5.44. The minimum atomic E-state index is 0. The van der Waals surface area contributed by atoms with E-state index in [4.69, 9.17) is 5.39 Å². The molecule has 1 rings (SSSR count). The van der Waals surface area contributed by atoms with Gasteiger partial charge >= 0.3 is 5.69 Å². The summed E-state index contributed by atoms with van der Waals surface area (Å²) in [5, 5.41) is 8.62. The molecule has 0 saturated carbocycles. The SMILES string of the molecule is CCN(CC)c1ccc([N+]#N)cc1C.[Zn]. The molecular formula is C11H16N3Zn+. The van der Waals surface area contributed by atoms with E-state index in [0.29, 0.717) is 5.69 Å². The van der Waals surface area contributed by atoms with E-state index >= 15 is 0 Å². The van der Waals surface area contributed by atoms with Gasteiger partial charge < -0.3 is 4.90 Å². The van der Waals surface area contributed by atoms with Crippen molar-refractivity contribution in [1.29, 1.82) is 5.39 Å². The maximum absolute atomic E-state index is 8.62. The zero-order valence-electron chi connectivity index (χ0n) is 9.70. The molecule has 0 saturated heterocycles. The van der Waals surface area contributed by atoms with E-state index < -0.39 is 0 Å². The Bertz CT molecular complexity index is 353. The molecule has 0 spiro atoms. The van der Waals surface area contributed by atoms with Crippen molar-refractivity contribution in [3.8, 4) is 0 Å². The summed E-state index contributed by atoms with van der Waals surface area (Å²) in [6.07, 6.45) is 0. The molecule has 1 aromatic rings. The Hall–Kier alpha value is -0.937. The number of hydrogen-bond acceptors (Lipinski definition) is 2. The largest absolute Gasteiger partial charge is 0.385 e. The minimum Gasteiger partial charge on any atom is -0.372 e. The number of hydrogen-bond donors (Lipinski definition) is 0. The Balaban J connectivity index is 0.00000196. The van der Waals surface area contributed by atoms with Crippen LogP contribution >= 0.6 is 0 Å². The van der Waals surface area contributed by atoms with Crippen LogP contribution in [0.4, 0.5) is 11.4 Å². The Morgan fingerprint density at radius 1 is 1.27 bits per heavy atom. The first-order valence-electron chi connectivity index (χ1n) is 4.93. The zero-order valence-corrected chi connectivity index (χ0v) is 12.7. The quantitative estimate of drug-likeness (QED) is 0.613. The van der Waals surface area contributed by atoms with Crippen molar-refractivity contribution in [2.24, 2.45) is 0 Å². The van der Waals surface area contributed by atoms with E-state index in [1.54, 1.807) is 0 Å². The van der Waals surface area contributed by atoms with Crippen LogP contribution in [0.5, 0.6) is 0 Å². The van der Waals surface area contributed by atoms with Gasteiger partial charge in [-0.05, 0) is 32.4 Å². The third-order valence-electron chi connectivity index (χ3n) is 2.40. The molecule has 0 aromatic heterocycles. The fourth-order valence-electron chi connectivity index (χ4n) is 1.62. The first-order valence-corrected chi connectivity index (χ1v) is 4.93. The number of diazo groups is 1. The van der Waals surface area contributed by atoms with Gasteiger partial charge in [-0.1, -0.05) is 0 Å². The maximum atomic E-state index is 8.62. The predicted molar refractivity (Wildman–Crippen MR) is 59.5 cm³/mol. The summed E-state index contributed by atoms with van der Waals surface area (Å²) < 4.78 is 0. The Morgan fingerprint density at radius 3 is 2.27 bits per heavy atom. The maximum Gasteiger partial charge on any atom is 0.385 e. The first kappa shape index (κ1) is 14.1. The molecule has 0 aliphatic heterocycles. The van der Waals surface area contributed by atoms with Gasteiger partial charge in [0.05, 0.1) is 0 Å². The summed E-state index contributed by atoms with van der Waals surface area (Å²) >= 11 is 0. The van der Waals surface area contributed by atoms with Gasteiger partial charge in [0.25, 0.3) is 0 Å². The molecule has 1 aromatic carbocycles. The van der Waals surface area contributed by atoms with E-state index in [9.17, 15) is 0 Å². The minimum absolute atomic E-state index is 0. The van der Waals surface area contributed by atoms with Crippen molar-refractivity contribution in [3.05, 3.63) is 28.7 Å². The molecule has 0 aliphatic carbocycles. The van der Waals surface area contributed by atoms with Crippen LogP contribution in [-0.2, 0) is 19.5 Å². The summed E-state index contributed by atoms with van der Waals surface area (Å²) in [6.45, 7) is 8.28. The van der Waals surface area contributed by atoms with E-state index in [2.05, 4.69) is 23.7 Å². The van der Waals surface area contributed by atoms with Gasteiger partial charge in [-0.3, -0.25) is 0 Å². The normalized spacial score (nSPS) is 8.93. The van der Waals surface area contributed by atoms with E-state index in [1.807, 2.05) is 25.1 Å². The van der Waals surface area contributed by atoms with Crippen LogP contribution in [0.25, 0.3) is 4.98 Å². The van der Waals surface area contributed by atoms with Crippen molar-refractivity contribution in [2.45, 2.75) is 20.8 Å². The van der Waals surface area contributed by atoms with Gasteiger partial charge in [-0.15, -0.1) is 0 Å². The van der Waals surface area contributed by atoms with Crippen LogP contribution in [0.3, 0.4) is 0 Å². The topological polar surface area (TPSA) is 31.4 Å². The van der Waals surface area contributed by atoms with Gasteiger partial charge in [-0.2, -0.15) is 0 Å². The second-order valence-electron chi connectivity index (χ2n) is 3.24. The predicted octanol–water partition coefficient (Wildman–Crippen LogP) is 3.32. The van der Waals surface area contributed by atoms with Crippen molar-refractivity contribution in [2.75, 3.05) is 18.0 Å². The van der Waals surface area contributed by atoms with Crippen LogP contribution in [-0.4, -0.2) is 13.1 Å². The molecule has 76 valence electrons. The van der Waals surface area contributed by atoms with Crippen LogP contribution in [0.1, 0.15) is 19.4 Å². The van der Waals surface area contributed by atoms with Gasteiger partial charge in [0.2, 0.25) is 5.39 Å². The van der Waals surface area contributed by atoms with Crippen LogP contribution in [0, 0.1) is 12.3 Å². The first-order chi connectivity index (χ1) is 6.72. The summed E-state index contributed by atoms with van der Waals surface area (Å²) in [7, 11) is 0. The zero-order chi connectivity index (χ0) is 10.6. The van der Waals surface area contributed by atoms with Crippen LogP contribution in [0.15, 0.2) is 18.2 Å². The number of nitrogens with zero attached hydrogens (tertiary/aromatic N) is 3. The van der Waals surface area contributed by atoms with Gasteiger partial charge in [0.1, 0.15) is 0 Å². The molecule has 0 bridgehead atoms. The van der Waals surface area contributed by atoms with Crippen molar-refractivity contribution < 1.29 is 19.5 Å². The Morgan fingerprint density at radius 2 is 1.87 bits per heavy atom. The molecule has 0 aliphatic rings. The fraction of sp³-hybridized carbons (Fsp3) is 0.455. The van der Waals surface area contributed by atoms with E-state index in [0.717, 1.165) is 18.7 Å². The smallest absolute Gasteiger partial charge is 0.372 e. The summed E-state index contributed by atoms with van der Waals surface area (Å²) in [5.74, 6) is 0. The molecule has 3 nitrogen and oxygen atoms in total. The van der Waals surface area contributed by atoms with Gasteiger partial charge in [0, 0.05) is 50.4 Å². The number of anilines is 1. The Kier molecular flexibility index (Phi) is 6.12. The number of benzene rings is 1.